The number of aromatic nitrogens is 2. The van der Waals surface area contributed by atoms with Gasteiger partial charge < -0.3 is 34.2 Å². The molecule has 0 atom stereocenters. The van der Waals surface area contributed by atoms with Crippen LogP contribution in [0, 0.1) is 0 Å². The van der Waals surface area contributed by atoms with Gasteiger partial charge >= 0.3 is 13.8 Å². The fourth-order valence-corrected chi connectivity index (χ4v) is 2.53. The second-order valence-corrected chi connectivity index (χ2v) is 7.01. The van der Waals surface area contributed by atoms with Crippen LogP contribution in [-0.2, 0) is 4.57 Å². The van der Waals surface area contributed by atoms with Crippen LogP contribution in [0.3, 0.4) is 0 Å². The minimum Gasteiger partial charge on any atom is -0.493 e. The number of benzene rings is 2. The summed E-state index contributed by atoms with van der Waals surface area (Å²) in [7, 11) is -3.06. The third-order valence-corrected chi connectivity index (χ3v) is 3.74. The van der Waals surface area contributed by atoms with Crippen LogP contribution in [-0.4, -0.2) is 49.4 Å². The first-order valence-electron chi connectivity index (χ1n) is 8.72. The van der Waals surface area contributed by atoms with Crippen LogP contribution in [0.1, 0.15) is 21.7 Å². The molecule has 0 radical (unpaired) electrons. The molecule has 0 aliphatic heterocycles. The number of aromatic carboxylic acids is 1. The lowest BCUT2D eigenvalue weighted by molar-refractivity contribution is 0.0698. The molecule has 10 nitrogen and oxygen atoms in total. The summed E-state index contributed by atoms with van der Waals surface area (Å²) in [5.41, 5.74) is 2.18. The van der Waals surface area contributed by atoms with Gasteiger partial charge in [0.05, 0.1) is 18.2 Å². The topological polar surface area (TPSA) is 162 Å². The number of fused-ring (bicyclic) bond motifs is 1. The summed E-state index contributed by atoms with van der Waals surface area (Å²) >= 11 is 0. The summed E-state index contributed by atoms with van der Waals surface area (Å²) in [6.45, 7) is 4.02. The molecule has 0 fully saturated rings. The summed E-state index contributed by atoms with van der Waals surface area (Å²) in [5.74, 6) is 0.822. The number of nitrogens with one attached hydrogen (secondary N) is 1. The van der Waals surface area contributed by atoms with Gasteiger partial charge in [-0.05, 0) is 35.9 Å². The van der Waals surface area contributed by atoms with E-state index in [9.17, 15) is 9.90 Å². The molecule has 1 heterocycles. The van der Waals surface area contributed by atoms with E-state index in [0.717, 1.165) is 5.56 Å². The van der Waals surface area contributed by atoms with Crippen molar-refractivity contribution in [2.24, 2.45) is 0 Å². The summed E-state index contributed by atoms with van der Waals surface area (Å²) < 4.78 is 19.8. The Kier molecular flexibility index (Phi) is 8.12. The summed E-state index contributed by atoms with van der Waals surface area (Å²) in [6, 6.07) is 10.6. The minimum atomic E-state index is -4.64. The maximum atomic E-state index is 11.3. The highest BCUT2D eigenvalue weighted by atomic mass is 31.2. The van der Waals surface area contributed by atoms with Crippen molar-refractivity contribution in [2.75, 3.05) is 13.7 Å². The van der Waals surface area contributed by atoms with Crippen LogP contribution >= 0.6 is 7.82 Å². The molecular formula is C20H21N2O8P. The smallest absolute Gasteiger partial charge is 0.466 e. The summed E-state index contributed by atoms with van der Waals surface area (Å²) in [5, 5.41) is 9.24. The molecule has 5 N–H and O–H groups in total. The van der Waals surface area contributed by atoms with E-state index in [2.05, 4.69) is 16.5 Å². The average Bonchev–Trinajstić information content (AvgIpc) is 3.12. The number of phosphoric acid groups is 1. The SMILES string of the molecule is C=CCOc1ccc(/C=C/c2nc3c(C(=O)O)cccc3[nH]2)cc1OC.O=P(O)(O)O. The van der Waals surface area contributed by atoms with Gasteiger partial charge in [0.1, 0.15) is 17.9 Å². The molecule has 164 valence electrons. The zero-order chi connectivity index (χ0) is 23.0. The Bertz CT molecular complexity index is 1140. The predicted octanol–water partition coefficient (Wildman–Crippen LogP) is 3.08. The molecular weight excluding hydrogens is 427 g/mol. The van der Waals surface area contributed by atoms with Gasteiger partial charge in [0, 0.05) is 0 Å². The molecule has 1 aromatic heterocycles. The van der Waals surface area contributed by atoms with Gasteiger partial charge in [-0.25, -0.2) is 14.3 Å². The van der Waals surface area contributed by atoms with E-state index in [-0.39, 0.29) is 5.56 Å². The van der Waals surface area contributed by atoms with Crippen molar-refractivity contribution in [1.82, 2.24) is 9.97 Å². The van der Waals surface area contributed by atoms with Gasteiger partial charge in [-0.3, -0.25) is 0 Å². The molecule has 0 aliphatic carbocycles. The Balaban J connectivity index is 0.000000614. The molecule has 0 spiro atoms. The Morgan fingerprint density at radius 2 is 1.90 bits per heavy atom. The van der Waals surface area contributed by atoms with Gasteiger partial charge in [-0.1, -0.05) is 30.9 Å². The number of rotatable bonds is 7. The van der Waals surface area contributed by atoms with Crippen LogP contribution in [0.4, 0.5) is 0 Å². The average molecular weight is 448 g/mol. The normalized spacial score (nSPS) is 11.1. The number of ether oxygens (including phenoxy) is 2. The lowest BCUT2D eigenvalue weighted by Gasteiger charge is -2.09. The summed E-state index contributed by atoms with van der Waals surface area (Å²) in [6.07, 6.45) is 5.31. The molecule has 2 aromatic carbocycles. The number of methoxy groups -OCH3 is 1. The van der Waals surface area contributed by atoms with Gasteiger partial charge in [0.15, 0.2) is 11.5 Å². The van der Waals surface area contributed by atoms with E-state index in [4.69, 9.17) is 28.7 Å². The quantitative estimate of drug-likeness (QED) is 0.270. The minimum absolute atomic E-state index is 0.170. The number of carboxylic acids is 1. The van der Waals surface area contributed by atoms with E-state index >= 15 is 0 Å². The van der Waals surface area contributed by atoms with Crippen molar-refractivity contribution in [3.05, 3.63) is 66.0 Å². The monoisotopic (exact) mass is 448 g/mol. The molecule has 11 heteroatoms. The molecule has 31 heavy (non-hydrogen) atoms. The second-order valence-electron chi connectivity index (χ2n) is 5.99. The number of carbonyl (C=O) groups is 1. The van der Waals surface area contributed by atoms with Crippen LogP contribution in [0.15, 0.2) is 49.1 Å². The van der Waals surface area contributed by atoms with Crippen molar-refractivity contribution >= 4 is 37.0 Å². The zero-order valence-corrected chi connectivity index (χ0v) is 17.3. The van der Waals surface area contributed by atoms with Crippen molar-refractivity contribution in [3.63, 3.8) is 0 Å². The lowest BCUT2D eigenvalue weighted by atomic mass is 10.2. The van der Waals surface area contributed by atoms with Crippen molar-refractivity contribution in [2.45, 2.75) is 0 Å². The third-order valence-electron chi connectivity index (χ3n) is 3.74. The van der Waals surface area contributed by atoms with Crippen molar-refractivity contribution in [3.8, 4) is 11.5 Å². The third kappa shape index (κ3) is 7.40. The van der Waals surface area contributed by atoms with Crippen LogP contribution in [0.2, 0.25) is 0 Å². The Labute approximate surface area is 177 Å². The Hall–Kier alpha value is -3.43. The highest BCUT2D eigenvalue weighted by molar-refractivity contribution is 7.45. The Morgan fingerprint density at radius 3 is 2.52 bits per heavy atom. The molecule has 3 rings (SSSR count). The molecule has 0 bridgehead atoms. The predicted molar refractivity (Wildman–Crippen MR) is 115 cm³/mol. The number of H-pyrrole nitrogens is 1. The second kappa shape index (κ2) is 10.6. The van der Waals surface area contributed by atoms with Crippen molar-refractivity contribution in [1.29, 1.82) is 0 Å². The van der Waals surface area contributed by atoms with Crippen LogP contribution < -0.4 is 9.47 Å². The first kappa shape index (κ1) is 23.8. The number of nitrogens with zero attached hydrogens (tertiary/aromatic N) is 1. The van der Waals surface area contributed by atoms with E-state index in [1.54, 1.807) is 31.4 Å². The van der Waals surface area contributed by atoms with Gasteiger partial charge in [-0.15, -0.1) is 0 Å². The fourth-order valence-electron chi connectivity index (χ4n) is 2.53. The van der Waals surface area contributed by atoms with Crippen molar-refractivity contribution < 1.29 is 38.6 Å². The lowest BCUT2D eigenvalue weighted by Crippen LogP contribution is -1.96. The number of imidazole rings is 1. The number of aromatic amines is 1. The van der Waals surface area contributed by atoms with E-state index < -0.39 is 13.8 Å². The maximum absolute atomic E-state index is 11.3. The summed E-state index contributed by atoms with van der Waals surface area (Å²) in [4.78, 5) is 40.3. The number of para-hydroxylation sites is 1. The van der Waals surface area contributed by atoms with E-state index in [1.165, 1.54) is 6.07 Å². The van der Waals surface area contributed by atoms with Crippen LogP contribution in [0.25, 0.3) is 23.2 Å². The van der Waals surface area contributed by atoms with Gasteiger partial charge in [-0.2, -0.15) is 0 Å². The number of carboxylic acid groups (broad SMARTS) is 1. The highest BCUT2D eigenvalue weighted by Crippen LogP contribution is 2.29. The van der Waals surface area contributed by atoms with Gasteiger partial charge in [0.25, 0.3) is 0 Å². The van der Waals surface area contributed by atoms with E-state index in [0.29, 0.717) is 35.0 Å². The largest absolute Gasteiger partial charge is 0.493 e. The van der Waals surface area contributed by atoms with Crippen LogP contribution in [0.5, 0.6) is 11.5 Å². The molecule has 0 amide bonds. The maximum Gasteiger partial charge on any atom is 0.466 e. The van der Waals surface area contributed by atoms with Gasteiger partial charge in [0.2, 0.25) is 0 Å². The highest BCUT2D eigenvalue weighted by Gasteiger charge is 2.11. The zero-order valence-electron chi connectivity index (χ0n) is 16.4. The first-order valence-corrected chi connectivity index (χ1v) is 10.3. The molecule has 0 aliphatic rings. The van der Waals surface area contributed by atoms with E-state index in [1.807, 2.05) is 24.3 Å². The molecule has 0 saturated carbocycles. The fraction of sp³-hybridized carbons (Fsp3) is 0.100. The number of hydrogen-bond acceptors (Lipinski definition) is 5. The molecule has 0 saturated heterocycles. The molecule has 3 aromatic rings. The standard InChI is InChI=1S/C20H18N2O4.H3O4P/c1-3-11-26-16-9-7-13(12-17(16)25-2)8-10-18-21-15-6-4-5-14(20(23)24)19(15)22-18;1-5(2,3)4/h3-10,12H,1,11H2,2H3,(H,21,22)(H,23,24);(H3,1,2,3,4)/b10-8+;. The number of hydrogen-bond donors (Lipinski definition) is 5. The first-order chi connectivity index (χ1) is 14.6. The Morgan fingerprint density at radius 1 is 1.19 bits per heavy atom. The molecule has 0 unspecified atom stereocenters.